The zero-order valence-corrected chi connectivity index (χ0v) is 11.7. The van der Waals surface area contributed by atoms with Crippen LogP contribution in [-0.4, -0.2) is 29.7 Å². The van der Waals surface area contributed by atoms with Gasteiger partial charge in [-0.3, -0.25) is 9.52 Å². The largest absolute Gasteiger partial charge is 0.480 e. The molecule has 6 nitrogen and oxygen atoms in total. The molecule has 1 unspecified atom stereocenters. The van der Waals surface area contributed by atoms with Crippen molar-refractivity contribution in [2.24, 2.45) is 0 Å². The highest BCUT2D eigenvalue weighted by Crippen LogP contribution is 2.24. The first-order valence-corrected chi connectivity index (χ1v) is 7.01. The minimum Gasteiger partial charge on any atom is -0.480 e. The van der Waals surface area contributed by atoms with Crippen LogP contribution in [0.4, 0.5) is 5.69 Å². The third kappa shape index (κ3) is 3.55. The zero-order valence-electron chi connectivity index (χ0n) is 8.52. The monoisotopic (exact) mass is 342 g/mol. The van der Waals surface area contributed by atoms with Gasteiger partial charge >= 0.3 is 5.97 Å². The Labute approximate surface area is 111 Å². The quantitative estimate of drug-likeness (QED) is 0.811. The van der Waals surface area contributed by atoms with Crippen molar-refractivity contribution in [2.45, 2.75) is 12.2 Å². The highest BCUT2D eigenvalue weighted by Gasteiger charge is 2.28. The van der Waals surface area contributed by atoms with E-state index >= 15 is 0 Å². The number of nitrogens with one attached hydrogen (secondary N) is 1. The van der Waals surface area contributed by atoms with Crippen LogP contribution >= 0.6 is 27.5 Å². The Morgan fingerprint density at radius 1 is 1.65 bits per heavy atom. The molecule has 0 amide bonds. The van der Waals surface area contributed by atoms with E-state index in [-0.39, 0.29) is 10.8 Å². The summed E-state index contributed by atoms with van der Waals surface area (Å²) in [4.78, 5) is 14.3. The molecule has 0 saturated heterocycles. The normalized spacial score (nSPS) is 13.1. The van der Waals surface area contributed by atoms with Crippen molar-refractivity contribution >= 4 is 49.2 Å². The molecule has 0 aliphatic heterocycles. The molecule has 1 atom stereocenters. The Bertz CT molecular complexity index is 548. The molecule has 0 aliphatic carbocycles. The molecule has 17 heavy (non-hydrogen) atoms. The molecule has 0 aromatic carbocycles. The van der Waals surface area contributed by atoms with E-state index < -0.39 is 21.2 Å². The minimum absolute atomic E-state index is 0.0224. The number of carboxylic acids is 1. The van der Waals surface area contributed by atoms with Crippen molar-refractivity contribution in [3.05, 3.63) is 21.9 Å². The Morgan fingerprint density at radius 2 is 2.24 bits per heavy atom. The van der Waals surface area contributed by atoms with Gasteiger partial charge in [-0.2, -0.15) is 0 Å². The number of hydrogen-bond donors (Lipinski definition) is 2. The second-order valence-electron chi connectivity index (χ2n) is 3.12. The van der Waals surface area contributed by atoms with Crippen molar-refractivity contribution in [2.75, 3.05) is 4.72 Å². The summed E-state index contributed by atoms with van der Waals surface area (Å²) in [6.45, 7) is 1.06. The van der Waals surface area contributed by atoms with Gasteiger partial charge in [-0.1, -0.05) is 11.6 Å². The molecule has 9 heteroatoms. The van der Waals surface area contributed by atoms with Gasteiger partial charge in [0.25, 0.3) is 0 Å². The molecular formula is C8H8BrClN2O4S. The Hall–Kier alpha value is -0.860. The Balaban J connectivity index is 3.06. The number of hydrogen-bond acceptors (Lipinski definition) is 4. The summed E-state index contributed by atoms with van der Waals surface area (Å²) in [7, 11) is -4.05. The van der Waals surface area contributed by atoms with Crippen LogP contribution in [0.3, 0.4) is 0 Å². The van der Waals surface area contributed by atoms with Crippen LogP contribution in [0.25, 0.3) is 0 Å². The number of carbonyl (C=O) groups is 1. The lowest BCUT2D eigenvalue weighted by Gasteiger charge is -2.12. The van der Waals surface area contributed by atoms with Gasteiger partial charge in [0.1, 0.15) is 0 Å². The van der Waals surface area contributed by atoms with Crippen LogP contribution in [-0.2, 0) is 14.8 Å². The number of rotatable bonds is 4. The van der Waals surface area contributed by atoms with Gasteiger partial charge in [-0.25, -0.2) is 13.4 Å². The van der Waals surface area contributed by atoms with Gasteiger partial charge in [-0.15, -0.1) is 0 Å². The molecular weight excluding hydrogens is 336 g/mol. The summed E-state index contributed by atoms with van der Waals surface area (Å²) in [5.74, 6) is -1.45. The molecule has 94 valence electrons. The number of carboxylic acid groups (broad SMARTS) is 1. The molecule has 1 aromatic heterocycles. The van der Waals surface area contributed by atoms with E-state index in [1.807, 2.05) is 0 Å². The lowest BCUT2D eigenvalue weighted by atomic mass is 10.4. The van der Waals surface area contributed by atoms with Crippen LogP contribution in [0.2, 0.25) is 5.15 Å². The van der Waals surface area contributed by atoms with E-state index in [1.54, 1.807) is 0 Å². The summed E-state index contributed by atoms with van der Waals surface area (Å²) >= 11 is 8.78. The van der Waals surface area contributed by atoms with Gasteiger partial charge in [0.15, 0.2) is 10.4 Å². The summed E-state index contributed by atoms with van der Waals surface area (Å²) in [5.41, 5.74) is 0.0224. The Morgan fingerprint density at radius 3 is 2.76 bits per heavy atom. The van der Waals surface area contributed by atoms with Gasteiger partial charge in [-0.05, 0) is 28.9 Å². The molecule has 1 rings (SSSR count). The summed E-state index contributed by atoms with van der Waals surface area (Å²) in [6, 6.07) is 1.39. The smallest absolute Gasteiger partial charge is 0.323 e. The highest BCUT2D eigenvalue weighted by molar-refractivity contribution is 9.10. The average Bonchev–Trinajstić information content (AvgIpc) is 2.21. The number of pyridine rings is 1. The first-order chi connectivity index (χ1) is 7.74. The molecule has 0 saturated carbocycles. The van der Waals surface area contributed by atoms with E-state index in [2.05, 4.69) is 25.6 Å². The fraction of sp³-hybridized carbons (Fsp3) is 0.250. The standard InChI is InChI=1S/C8H8BrClN2O4S/c1-4(8(13)14)17(15,16)12-6-2-5(9)3-11-7(6)10/h2-4,12H,1H3,(H,13,14). The lowest BCUT2D eigenvalue weighted by molar-refractivity contribution is -0.136. The third-order valence-corrected chi connectivity index (χ3v) is 4.24. The van der Waals surface area contributed by atoms with E-state index in [4.69, 9.17) is 16.7 Å². The molecule has 0 aliphatic rings. The highest BCUT2D eigenvalue weighted by atomic mass is 79.9. The predicted molar refractivity (Wildman–Crippen MR) is 66.6 cm³/mol. The second-order valence-corrected chi connectivity index (χ2v) is 6.39. The van der Waals surface area contributed by atoms with Crippen molar-refractivity contribution in [1.82, 2.24) is 4.98 Å². The number of nitrogens with zero attached hydrogens (tertiary/aromatic N) is 1. The van der Waals surface area contributed by atoms with Crippen LogP contribution in [0.1, 0.15) is 6.92 Å². The van der Waals surface area contributed by atoms with E-state index in [9.17, 15) is 13.2 Å². The van der Waals surface area contributed by atoms with Gasteiger partial charge in [0, 0.05) is 10.7 Å². The fourth-order valence-corrected chi connectivity index (χ4v) is 2.31. The molecule has 0 spiro atoms. The van der Waals surface area contributed by atoms with Gasteiger partial charge in [0.2, 0.25) is 10.0 Å². The van der Waals surface area contributed by atoms with Crippen molar-refractivity contribution < 1.29 is 18.3 Å². The maximum Gasteiger partial charge on any atom is 0.323 e. The number of halogens is 2. The predicted octanol–water partition coefficient (Wildman–Crippen LogP) is 1.71. The number of aliphatic carboxylic acids is 1. The molecule has 0 fully saturated rings. The van der Waals surface area contributed by atoms with Crippen molar-refractivity contribution in [3.63, 3.8) is 0 Å². The average molecular weight is 344 g/mol. The molecule has 1 aromatic rings. The maximum atomic E-state index is 11.6. The number of sulfonamides is 1. The first-order valence-electron chi connectivity index (χ1n) is 4.29. The topological polar surface area (TPSA) is 96.4 Å². The maximum absolute atomic E-state index is 11.6. The summed E-state index contributed by atoms with van der Waals surface area (Å²) < 4.78 is 25.8. The minimum atomic E-state index is -4.05. The molecule has 2 N–H and O–H groups in total. The van der Waals surface area contributed by atoms with Crippen LogP contribution < -0.4 is 4.72 Å². The van der Waals surface area contributed by atoms with Gasteiger partial charge < -0.3 is 5.11 Å². The van der Waals surface area contributed by atoms with E-state index in [0.29, 0.717) is 4.47 Å². The summed E-state index contributed by atoms with van der Waals surface area (Å²) in [6.07, 6.45) is 1.39. The molecule has 0 bridgehead atoms. The Kier molecular flexibility index (Phi) is 4.34. The zero-order chi connectivity index (χ0) is 13.2. The number of aromatic nitrogens is 1. The number of anilines is 1. The van der Waals surface area contributed by atoms with Crippen LogP contribution in [0, 0.1) is 0 Å². The molecule has 0 radical (unpaired) electrons. The van der Waals surface area contributed by atoms with Crippen LogP contribution in [0.15, 0.2) is 16.7 Å². The second kappa shape index (κ2) is 5.19. The fourth-order valence-electron chi connectivity index (χ4n) is 0.869. The van der Waals surface area contributed by atoms with Crippen LogP contribution in [0.5, 0.6) is 0 Å². The third-order valence-electron chi connectivity index (χ3n) is 1.87. The SMILES string of the molecule is CC(C(=O)O)S(=O)(=O)Nc1cc(Br)cnc1Cl. The van der Waals surface area contributed by atoms with Crippen molar-refractivity contribution in [1.29, 1.82) is 0 Å². The van der Waals surface area contributed by atoms with E-state index in [1.165, 1.54) is 12.3 Å². The van der Waals surface area contributed by atoms with Gasteiger partial charge in [0.05, 0.1) is 5.69 Å². The summed E-state index contributed by atoms with van der Waals surface area (Å²) in [5, 5.41) is 7.00. The lowest BCUT2D eigenvalue weighted by Crippen LogP contribution is -2.32. The van der Waals surface area contributed by atoms with Crippen molar-refractivity contribution in [3.8, 4) is 0 Å². The molecule has 1 heterocycles. The first kappa shape index (κ1) is 14.2. The van der Waals surface area contributed by atoms with E-state index in [0.717, 1.165) is 6.92 Å².